The van der Waals surface area contributed by atoms with Crippen LogP contribution < -0.4 is 0 Å². The third-order valence-corrected chi connectivity index (χ3v) is 5.50. The Kier molecular flexibility index (Phi) is 5.70. The molecule has 0 saturated heterocycles. The van der Waals surface area contributed by atoms with Crippen molar-refractivity contribution >= 4 is 34.8 Å². The lowest BCUT2D eigenvalue weighted by Crippen LogP contribution is -2.21. The molecule has 152 valence electrons. The maximum absolute atomic E-state index is 14.4. The SMILES string of the molecule is COC(=O)C(Cc1c(F)cccc1Cl)c1ccnc2c(-c3ccc(Cl)cc3)cnn12. The number of aromatic nitrogens is 3. The molecule has 0 fully saturated rings. The van der Waals surface area contributed by atoms with E-state index in [0.717, 1.165) is 11.1 Å². The lowest BCUT2D eigenvalue weighted by molar-refractivity contribution is -0.142. The number of carbonyl (C=O) groups excluding carboxylic acids is 1. The monoisotopic (exact) mass is 443 g/mol. The fourth-order valence-corrected chi connectivity index (χ4v) is 3.76. The standard InChI is InChI=1S/C22H16Cl2FN3O2/c1-30-22(29)16(11-15-18(24)3-2-4-19(15)25)20-9-10-26-21-17(12-27-28(20)21)13-5-7-14(23)8-6-13/h2-10,12,16H,11H2,1H3. The largest absolute Gasteiger partial charge is 0.468 e. The molecule has 4 rings (SSSR count). The fourth-order valence-electron chi connectivity index (χ4n) is 3.39. The average Bonchev–Trinajstić information content (AvgIpc) is 3.18. The third-order valence-electron chi connectivity index (χ3n) is 4.90. The van der Waals surface area contributed by atoms with Gasteiger partial charge in [-0.25, -0.2) is 13.9 Å². The molecule has 0 amide bonds. The molecular formula is C22H16Cl2FN3O2. The summed E-state index contributed by atoms with van der Waals surface area (Å²) >= 11 is 12.2. The summed E-state index contributed by atoms with van der Waals surface area (Å²) in [4.78, 5) is 17.1. The lowest BCUT2D eigenvalue weighted by atomic mass is 9.95. The van der Waals surface area contributed by atoms with Crippen molar-refractivity contribution in [1.29, 1.82) is 0 Å². The van der Waals surface area contributed by atoms with E-state index in [0.29, 0.717) is 16.4 Å². The molecule has 0 saturated carbocycles. The van der Waals surface area contributed by atoms with Crippen LogP contribution in [0.25, 0.3) is 16.8 Å². The molecule has 2 aromatic heterocycles. The summed E-state index contributed by atoms with van der Waals surface area (Å²) in [6, 6.07) is 13.4. The molecule has 1 atom stereocenters. The van der Waals surface area contributed by atoms with E-state index in [2.05, 4.69) is 10.1 Å². The Morgan fingerprint density at radius 3 is 2.63 bits per heavy atom. The number of fused-ring (bicyclic) bond motifs is 1. The van der Waals surface area contributed by atoms with Gasteiger partial charge in [-0.1, -0.05) is 41.4 Å². The first-order chi connectivity index (χ1) is 14.5. The van der Waals surface area contributed by atoms with E-state index >= 15 is 0 Å². The predicted octanol–water partition coefficient (Wildman–Crippen LogP) is 5.34. The summed E-state index contributed by atoms with van der Waals surface area (Å²) < 4.78 is 20.9. The maximum Gasteiger partial charge on any atom is 0.315 e. The van der Waals surface area contributed by atoms with Gasteiger partial charge in [0.15, 0.2) is 5.65 Å². The van der Waals surface area contributed by atoms with Gasteiger partial charge in [-0.3, -0.25) is 4.79 Å². The van der Waals surface area contributed by atoms with Gasteiger partial charge >= 0.3 is 5.97 Å². The third kappa shape index (κ3) is 3.76. The van der Waals surface area contributed by atoms with Gasteiger partial charge in [0.05, 0.1) is 19.0 Å². The average molecular weight is 444 g/mol. The van der Waals surface area contributed by atoms with Crippen molar-refractivity contribution in [3.63, 3.8) is 0 Å². The summed E-state index contributed by atoms with van der Waals surface area (Å²) in [6.07, 6.45) is 3.28. The van der Waals surface area contributed by atoms with Crippen LogP contribution in [0.5, 0.6) is 0 Å². The van der Waals surface area contributed by atoms with E-state index < -0.39 is 17.7 Å². The number of nitrogens with zero attached hydrogens (tertiary/aromatic N) is 3. The number of carbonyl (C=O) groups is 1. The molecule has 0 aliphatic heterocycles. The van der Waals surface area contributed by atoms with Gasteiger partial charge < -0.3 is 4.74 Å². The van der Waals surface area contributed by atoms with Crippen molar-refractivity contribution in [1.82, 2.24) is 14.6 Å². The van der Waals surface area contributed by atoms with Gasteiger partial charge in [0.2, 0.25) is 0 Å². The van der Waals surface area contributed by atoms with E-state index in [4.69, 9.17) is 27.9 Å². The molecular weight excluding hydrogens is 428 g/mol. The number of rotatable bonds is 5. The molecule has 0 N–H and O–H groups in total. The number of benzene rings is 2. The molecule has 1 unspecified atom stereocenters. The number of methoxy groups -OCH3 is 1. The number of esters is 1. The van der Waals surface area contributed by atoms with E-state index in [9.17, 15) is 9.18 Å². The van der Waals surface area contributed by atoms with Gasteiger partial charge in [-0.15, -0.1) is 0 Å². The van der Waals surface area contributed by atoms with Gasteiger partial charge in [0.1, 0.15) is 11.7 Å². The van der Waals surface area contributed by atoms with Crippen molar-refractivity contribution in [3.8, 4) is 11.1 Å². The summed E-state index contributed by atoms with van der Waals surface area (Å²) in [5.41, 5.74) is 2.98. The zero-order valence-corrected chi connectivity index (χ0v) is 17.4. The molecule has 0 radical (unpaired) electrons. The van der Waals surface area contributed by atoms with Crippen LogP contribution in [0.3, 0.4) is 0 Å². The Morgan fingerprint density at radius 2 is 1.93 bits per heavy atom. The highest BCUT2D eigenvalue weighted by atomic mass is 35.5. The van der Waals surface area contributed by atoms with Gasteiger partial charge in [0, 0.05) is 27.4 Å². The molecule has 30 heavy (non-hydrogen) atoms. The van der Waals surface area contributed by atoms with Gasteiger partial charge in [0.25, 0.3) is 0 Å². The van der Waals surface area contributed by atoms with Crippen LogP contribution in [0.15, 0.2) is 60.9 Å². The van der Waals surface area contributed by atoms with Crippen LogP contribution in [0, 0.1) is 5.82 Å². The summed E-state index contributed by atoms with van der Waals surface area (Å²) in [5.74, 6) is -1.83. The minimum atomic E-state index is -0.826. The van der Waals surface area contributed by atoms with E-state index in [1.165, 1.54) is 19.2 Å². The Bertz CT molecular complexity index is 1200. The Labute approximate surface area is 182 Å². The molecule has 0 bridgehead atoms. The first-order valence-corrected chi connectivity index (χ1v) is 9.84. The molecule has 8 heteroatoms. The zero-order valence-electron chi connectivity index (χ0n) is 15.8. The first-order valence-electron chi connectivity index (χ1n) is 9.09. The van der Waals surface area contributed by atoms with Crippen molar-refractivity contribution in [3.05, 3.63) is 88.0 Å². The van der Waals surface area contributed by atoms with Crippen LogP contribution >= 0.6 is 23.2 Å². The Balaban J connectivity index is 1.82. The van der Waals surface area contributed by atoms with Crippen molar-refractivity contribution in [2.45, 2.75) is 12.3 Å². The molecule has 4 aromatic rings. The van der Waals surface area contributed by atoms with Crippen LogP contribution in [-0.2, 0) is 16.0 Å². The normalized spacial score (nSPS) is 12.1. The summed E-state index contributed by atoms with van der Waals surface area (Å²) in [5, 5.41) is 5.30. The summed E-state index contributed by atoms with van der Waals surface area (Å²) in [6.45, 7) is 0. The van der Waals surface area contributed by atoms with Gasteiger partial charge in [-0.2, -0.15) is 5.10 Å². The second-order valence-corrected chi connectivity index (χ2v) is 7.49. The zero-order chi connectivity index (χ0) is 21.3. The van der Waals surface area contributed by atoms with Crippen molar-refractivity contribution in [2.75, 3.05) is 7.11 Å². The van der Waals surface area contributed by atoms with Crippen molar-refractivity contribution < 1.29 is 13.9 Å². The molecule has 0 spiro atoms. The Hall–Kier alpha value is -2.96. The number of halogens is 3. The number of ether oxygens (including phenoxy) is 1. The van der Waals surface area contributed by atoms with Crippen LogP contribution in [0.2, 0.25) is 10.0 Å². The summed E-state index contributed by atoms with van der Waals surface area (Å²) in [7, 11) is 1.29. The quantitative estimate of drug-likeness (QED) is 0.390. The minimum Gasteiger partial charge on any atom is -0.468 e. The predicted molar refractivity (Wildman–Crippen MR) is 113 cm³/mol. The first kappa shape index (κ1) is 20.3. The highest BCUT2D eigenvalue weighted by molar-refractivity contribution is 6.31. The van der Waals surface area contributed by atoms with Gasteiger partial charge in [-0.05, 0) is 42.3 Å². The fraction of sp³-hybridized carbons (Fsp3) is 0.136. The van der Waals surface area contributed by atoms with Crippen molar-refractivity contribution in [2.24, 2.45) is 0 Å². The number of hydrogen-bond donors (Lipinski definition) is 0. The molecule has 2 aromatic carbocycles. The molecule has 5 nitrogen and oxygen atoms in total. The topological polar surface area (TPSA) is 56.5 Å². The van der Waals surface area contributed by atoms with E-state index in [1.807, 2.05) is 12.1 Å². The smallest absolute Gasteiger partial charge is 0.315 e. The minimum absolute atomic E-state index is 0.0213. The lowest BCUT2D eigenvalue weighted by Gasteiger charge is -2.17. The molecule has 2 heterocycles. The Morgan fingerprint density at radius 1 is 1.17 bits per heavy atom. The molecule has 0 aliphatic rings. The van der Waals surface area contributed by atoms with Crippen LogP contribution in [-0.4, -0.2) is 27.7 Å². The highest BCUT2D eigenvalue weighted by Gasteiger charge is 2.28. The highest BCUT2D eigenvalue weighted by Crippen LogP contribution is 2.31. The second kappa shape index (κ2) is 8.42. The maximum atomic E-state index is 14.4. The number of hydrogen-bond acceptors (Lipinski definition) is 4. The molecule has 0 aliphatic carbocycles. The van der Waals surface area contributed by atoms with E-state index in [1.54, 1.807) is 41.2 Å². The van der Waals surface area contributed by atoms with E-state index in [-0.39, 0.29) is 17.0 Å². The van der Waals surface area contributed by atoms with Crippen LogP contribution in [0.4, 0.5) is 4.39 Å². The van der Waals surface area contributed by atoms with Crippen LogP contribution in [0.1, 0.15) is 17.2 Å². The second-order valence-electron chi connectivity index (χ2n) is 6.65.